The number of esters is 1. The van der Waals surface area contributed by atoms with E-state index in [9.17, 15) is 9.59 Å². The Morgan fingerprint density at radius 3 is 2.21 bits per heavy atom. The van der Waals surface area contributed by atoms with E-state index >= 15 is 0 Å². The lowest BCUT2D eigenvalue weighted by Gasteiger charge is -2.36. The third-order valence-corrected chi connectivity index (χ3v) is 10.1. The first-order valence-electron chi connectivity index (χ1n) is 9.16. The minimum absolute atomic E-state index is 0.0231. The monoisotopic (exact) mass is 421 g/mol. The van der Waals surface area contributed by atoms with Gasteiger partial charge in [0.1, 0.15) is 5.69 Å². The number of hydrogen-bond acceptors (Lipinski definition) is 4. The summed E-state index contributed by atoms with van der Waals surface area (Å²) in [5, 5.41) is 0.630. The average molecular weight is 422 g/mol. The van der Waals surface area contributed by atoms with Gasteiger partial charge < -0.3 is 13.7 Å². The number of nitrogens with zero attached hydrogens (tertiary/aromatic N) is 1. The van der Waals surface area contributed by atoms with E-state index in [4.69, 9.17) is 20.8 Å². The van der Waals surface area contributed by atoms with Gasteiger partial charge in [0, 0.05) is 16.3 Å². The van der Waals surface area contributed by atoms with Crippen molar-refractivity contribution in [2.24, 2.45) is 0 Å². The van der Waals surface area contributed by atoms with Gasteiger partial charge in [0.2, 0.25) is 0 Å². The minimum atomic E-state index is -1.98. The Bertz CT molecular complexity index is 850. The maximum Gasteiger partial charge on any atom is 0.354 e. The van der Waals surface area contributed by atoms with Gasteiger partial charge in [-0.3, -0.25) is 4.79 Å². The lowest BCUT2D eigenvalue weighted by atomic mass is 10.1. The molecule has 0 fully saturated rings. The number of carbonyl (C=O) groups is 2. The molecule has 0 N–H and O–H groups in total. The van der Waals surface area contributed by atoms with Crippen molar-refractivity contribution in [3.8, 4) is 0 Å². The van der Waals surface area contributed by atoms with Crippen LogP contribution in [0.3, 0.4) is 0 Å². The summed E-state index contributed by atoms with van der Waals surface area (Å²) in [6.45, 7) is 11.2. The third-order valence-electron chi connectivity index (χ3n) is 5.32. The van der Waals surface area contributed by atoms with Crippen LogP contribution < -0.4 is 0 Å². The van der Waals surface area contributed by atoms with Gasteiger partial charge >= 0.3 is 5.97 Å². The molecular weight excluding hydrogens is 394 g/mol. The van der Waals surface area contributed by atoms with Crippen LogP contribution in [0.2, 0.25) is 23.2 Å². The van der Waals surface area contributed by atoms with Crippen molar-refractivity contribution in [1.29, 1.82) is 0 Å². The maximum absolute atomic E-state index is 12.8. The van der Waals surface area contributed by atoms with Crippen molar-refractivity contribution in [3.05, 3.63) is 58.4 Å². The van der Waals surface area contributed by atoms with E-state index in [0.717, 1.165) is 5.69 Å². The van der Waals surface area contributed by atoms with Crippen LogP contribution in [0.1, 0.15) is 47.3 Å². The zero-order valence-corrected chi connectivity index (χ0v) is 19.1. The summed E-state index contributed by atoms with van der Waals surface area (Å²) in [6, 6.07) is 10.2. The molecule has 0 amide bonds. The molecule has 5 nitrogen and oxygen atoms in total. The highest BCUT2D eigenvalue weighted by atomic mass is 35.5. The van der Waals surface area contributed by atoms with Gasteiger partial charge in [-0.25, -0.2) is 4.79 Å². The number of methoxy groups -OCH3 is 1. The Balaban J connectivity index is 2.30. The summed E-state index contributed by atoms with van der Waals surface area (Å²) >= 11 is 5.90. The van der Waals surface area contributed by atoms with E-state index in [1.54, 1.807) is 34.9 Å². The number of halogens is 1. The maximum atomic E-state index is 12.8. The summed E-state index contributed by atoms with van der Waals surface area (Å²) in [4.78, 5) is 24.9. The number of ketones is 1. The van der Waals surface area contributed by atoms with Crippen molar-refractivity contribution < 1.29 is 18.8 Å². The van der Waals surface area contributed by atoms with E-state index in [1.165, 1.54) is 7.11 Å². The Morgan fingerprint density at radius 1 is 1.07 bits per heavy atom. The Morgan fingerprint density at radius 2 is 1.68 bits per heavy atom. The zero-order valence-electron chi connectivity index (χ0n) is 17.3. The van der Waals surface area contributed by atoms with E-state index < -0.39 is 14.3 Å². The molecule has 0 unspecified atom stereocenters. The number of hydrogen-bond donors (Lipinski definition) is 0. The van der Waals surface area contributed by atoms with Crippen molar-refractivity contribution in [3.63, 3.8) is 0 Å². The van der Waals surface area contributed by atoms with Crippen molar-refractivity contribution in [2.75, 3.05) is 7.11 Å². The second-order valence-corrected chi connectivity index (χ2v) is 13.5. The van der Waals surface area contributed by atoms with E-state index in [0.29, 0.717) is 22.9 Å². The molecule has 0 aliphatic rings. The lowest BCUT2D eigenvalue weighted by molar-refractivity contribution is 0.0587. The molecule has 1 aromatic heterocycles. The molecule has 1 heterocycles. The first kappa shape index (κ1) is 22.4. The molecule has 28 heavy (non-hydrogen) atoms. The molecule has 0 radical (unpaired) electrons. The highest BCUT2D eigenvalue weighted by molar-refractivity contribution is 6.74. The lowest BCUT2D eigenvalue weighted by Crippen LogP contribution is -2.40. The standard InChI is InChI=1S/C21H28ClNO4Si/c1-21(2,3)28(5,6)27-14-17-11-12-18(20(25)26-4)23(17)13-19(24)15-7-9-16(22)10-8-15/h7-12H,13-14H2,1-6H3. The first-order chi connectivity index (χ1) is 13.0. The van der Waals surface area contributed by atoms with Crippen LogP contribution in [0.4, 0.5) is 0 Å². The van der Waals surface area contributed by atoms with Crippen molar-refractivity contribution in [2.45, 2.75) is 52.1 Å². The molecule has 2 aromatic rings. The largest absolute Gasteiger partial charge is 0.464 e. The normalized spacial score (nSPS) is 12.1. The summed E-state index contributed by atoms with van der Waals surface area (Å²) in [5.41, 5.74) is 1.64. The SMILES string of the molecule is COC(=O)c1ccc(CO[Si](C)(C)C(C)(C)C)n1CC(=O)c1ccc(Cl)cc1. The van der Waals surface area contributed by atoms with Crippen molar-refractivity contribution in [1.82, 2.24) is 4.57 Å². The molecule has 0 aliphatic heterocycles. The molecule has 2 rings (SSSR count). The number of benzene rings is 1. The van der Waals surface area contributed by atoms with Gasteiger partial charge in [0.15, 0.2) is 14.1 Å². The number of carbonyl (C=O) groups excluding carboxylic acids is 2. The average Bonchev–Trinajstić information content (AvgIpc) is 3.01. The fourth-order valence-electron chi connectivity index (χ4n) is 2.45. The van der Waals surface area contributed by atoms with Gasteiger partial charge in [-0.15, -0.1) is 0 Å². The van der Waals surface area contributed by atoms with E-state index in [1.807, 2.05) is 6.07 Å². The van der Waals surface area contributed by atoms with Gasteiger partial charge in [-0.05, 0) is 54.5 Å². The van der Waals surface area contributed by atoms with E-state index in [2.05, 4.69) is 33.9 Å². The number of ether oxygens (including phenoxy) is 1. The van der Waals surface area contributed by atoms with Crippen LogP contribution in [-0.2, 0) is 22.3 Å². The van der Waals surface area contributed by atoms with Gasteiger partial charge in [-0.1, -0.05) is 32.4 Å². The van der Waals surface area contributed by atoms with Gasteiger partial charge in [0.25, 0.3) is 0 Å². The predicted molar refractivity (Wildman–Crippen MR) is 114 cm³/mol. The summed E-state index contributed by atoms with van der Waals surface area (Å²) in [7, 11) is -0.650. The summed E-state index contributed by atoms with van der Waals surface area (Å²) in [6.07, 6.45) is 0. The third kappa shape index (κ3) is 5.13. The molecule has 7 heteroatoms. The molecule has 0 bridgehead atoms. The van der Waals surface area contributed by atoms with Gasteiger partial charge in [0.05, 0.1) is 20.3 Å². The zero-order chi connectivity index (χ0) is 21.1. The predicted octanol–water partition coefficient (Wildman–Crippen LogP) is 5.33. The Hall–Kier alpha value is -1.89. The Kier molecular flexibility index (Phi) is 6.91. The fraction of sp³-hybridized carbons (Fsp3) is 0.429. The first-order valence-corrected chi connectivity index (χ1v) is 12.4. The number of Topliss-reactive ketones (excluding diaryl/α,β-unsaturated/α-hetero) is 1. The summed E-state index contributed by atoms with van der Waals surface area (Å²) in [5.74, 6) is -0.603. The summed E-state index contributed by atoms with van der Waals surface area (Å²) < 4.78 is 12.8. The van der Waals surface area contributed by atoms with Crippen LogP contribution in [0.25, 0.3) is 0 Å². The topological polar surface area (TPSA) is 57.5 Å². The second kappa shape index (κ2) is 8.63. The van der Waals surface area contributed by atoms with E-state index in [-0.39, 0.29) is 17.4 Å². The minimum Gasteiger partial charge on any atom is -0.464 e. The van der Waals surface area contributed by atoms with Crippen LogP contribution >= 0.6 is 11.6 Å². The smallest absolute Gasteiger partial charge is 0.354 e. The quantitative estimate of drug-likeness (QED) is 0.344. The second-order valence-electron chi connectivity index (χ2n) is 8.27. The van der Waals surface area contributed by atoms with Crippen LogP contribution in [-0.4, -0.2) is 31.7 Å². The van der Waals surface area contributed by atoms with Crippen LogP contribution in [0, 0.1) is 0 Å². The molecule has 0 saturated carbocycles. The molecule has 152 valence electrons. The fourth-order valence-corrected chi connectivity index (χ4v) is 3.51. The highest BCUT2D eigenvalue weighted by Gasteiger charge is 2.37. The molecule has 0 saturated heterocycles. The number of aromatic nitrogens is 1. The molecule has 1 aromatic carbocycles. The molecule has 0 atom stereocenters. The molecule has 0 spiro atoms. The van der Waals surface area contributed by atoms with Crippen LogP contribution in [0.15, 0.2) is 36.4 Å². The van der Waals surface area contributed by atoms with Crippen LogP contribution in [0.5, 0.6) is 0 Å². The Labute approximate surface area is 172 Å². The molecular formula is C21H28ClNO4Si. The molecule has 0 aliphatic carbocycles. The highest BCUT2D eigenvalue weighted by Crippen LogP contribution is 2.37. The van der Waals surface area contributed by atoms with Gasteiger partial charge in [-0.2, -0.15) is 0 Å². The van der Waals surface area contributed by atoms with Crippen molar-refractivity contribution >= 4 is 31.7 Å². The number of rotatable bonds is 7.